The van der Waals surface area contributed by atoms with Crippen molar-refractivity contribution in [2.45, 2.75) is 0 Å². The minimum absolute atomic E-state index is 0.905. The van der Waals surface area contributed by atoms with Crippen LogP contribution in [-0.4, -0.2) is 4.57 Å². The Bertz CT molecular complexity index is 3110. The molecule has 3 aromatic heterocycles. The molecular formula is C46H28N2OS. The third kappa shape index (κ3) is 3.97. The van der Waals surface area contributed by atoms with E-state index in [2.05, 4.69) is 173 Å². The van der Waals surface area contributed by atoms with Crippen LogP contribution in [0, 0.1) is 0 Å². The summed E-state index contributed by atoms with van der Waals surface area (Å²) in [5.74, 6) is 0. The molecule has 0 saturated carbocycles. The summed E-state index contributed by atoms with van der Waals surface area (Å²) in [5, 5.41) is 9.67. The number of thiophene rings is 1. The molecule has 4 heteroatoms. The van der Waals surface area contributed by atoms with Crippen LogP contribution in [0.2, 0.25) is 0 Å². The Hall–Kier alpha value is -6.36. The molecule has 0 aliphatic carbocycles. The van der Waals surface area contributed by atoms with E-state index < -0.39 is 0 Å². The Morgan fingerprint density at radius 2 is 1.14 bits per heavy atom. The van der Waals surface area contributed by atoms with Crippen molar-refractivity contribution < 1.29 is 4.42 Å². The number of aromatic nitrogens is 1. The van der Waals surface area contributed by atoms with Crippen LogP contribution in [0.3, 0.4) is 0 Å². The molecular weight excluding hydrogens is 629 g/mol. The Morgan fingerprint density at radius 3 is 2.06 bits per heavy atom. The molecule has 11 rings (SSSR count). The molecule has 0 radical (unpaired) electrons. The van der Waals surface area contributed by atoms with Crippen molar-refractivity contribution in [3.63, 3.8) is 0 Å². The van der Waals surface area contributed by atoms with E-state index in [1.54, 1.807) is 0 Å². The molecule has 0 atom stereocenters. The second kappa shape index (κ2) is 10.6. The largest absolute Gasteiger partial charge is 0.456 e. The highest BCUT2D eigenvalue weighted by Gasteiger charge is 2.22. The summed E-state index contributed by atoms with van der Waals surface area (Å²) in [5.41, 5.74) is 8.68. The lowest BCUT2D eigenvalue weighted by atomic mass is 10.0. The molecule has 0 aliphatic heterocycles. The zero-order valence-electron chi connectivity index (χ0n) is 26.9. The summed E-state index contributed by atoms with van der Waals surface area (Å²) in [6, 6.07) is 61.4. The van der Waals surface area contributed by atoms with Crippen LogP contribution in [-0.2, 0) is 0 Å². The highest BCUT2D eigenvalue weighted by molar-refractivity contribution is 7.26. The number of fused-ring (bicyclic) bond motifs is 11. The number of nitrogens with zero attached hydrogens (tertiary/aromatic N) is 2. The first-order valence-corrected chi connectivity index (χ1v) is 17.7. The summed E-state index contributed by atoms with van der Waals surface area (Å²) >= 11 is 1.85. The first kappa shape index (κ1) is 27.6. The summed E-state index contributed by atoms with van der Waals surface area (Å²) < 4.78 is 11.3. The van der Waals surface area contributed by atoms with Gasteiger partial charge in [0.05, 0.1) is 16.7 Å². The van der Waals surface area contributed by atoms with E-state index in [0.29, 0.717) is 0 Å². The van der Waals surface area contributed by atoms with Gasteiger partial charge >= 0.3 is 0 Å². The molecule has 0 fully saturated rings. The average Bonchev–Trinajstić information content (AvgIpc) is 3.85. The molecule has 50 heavy (non-hydrogen) atoms. The number of hydrogen-bond acceptors (Lipinski definition) is 3. The first-order chi connectivity index (χ1) is 24.8. The van der Waals surface area contributed by atoms with Gasteiger partial charge in [-0.1, -0.05) is 97.1 Å². The standard InChI is InChI=1S/C46H28N2OS/c1-2-11-30(12-3-1)48-38-16-7-4-13-33(38)34-25-24-32(28-40(34)48)47(39-17-10-20-44-46(39)36-15-6-9-19-43(36)50-44)31-23-21-29-22-26-42-45(37(29)27-31)35-14-5-8-18-41(35)49-42/h1-28H. The predicted molar refractivity (Wildman–Crippen MR) is 213 cm³/mol. The Kier molecular flexibility index (Phi) is 5.83. The maximum absolute atomic E-state index is 6.34. The molecule has 0 N–H and O–H groups in total. The fourth-order valence-electron chi connectivity index (χ4n) is 7.99. The smallest absolute Gasteiger partial charge is 0.136 e. The maximum atomic E-state index is 6.34. The quantitative estimate of drug-likeness (QED) is 0.188. The Morgan fingerprint density at radius 1 is 0.440 bits per heavy atom. The predicted octanol–water partition coefficient (Wildman–Crippen LogP) is 13.7. The molecule has 3 nitrogen and oxygen atoms in total. The minimum Gasteiger partial charge on any atom is -0.456 e. The number of benzene rings is 8. The third-order valence-corrected chi connectivity index (χ3v) is 11.3. The number of anilines is 3. The highest BCUT2D eigenvalue weighted by Crippen LogP contribution is 2.47. The van der Waals surface area contributed by atoms with Gasteiger partial charge in [-0.15, -0.1) is 11.3 Å². The van der Waals surface area contributed by atoms with Gasteiger partial charge < -0.3 is 13.9 Å². The molecule has 0 saturated heterocycles. The molecule has 8 aromatic carbocycles. The third-order valence-electron chi connectivity index (χ3n) is 10.2. The lowest BCUT2D eigenvalue weighted by Crippen LogP contribution is -2.10. The van der Waals surface area contributed by atoms with Crippen LogP contribution in [0.15, 0.2) is 174 Å². The van der Waals surface area contributed by atoms with Gasteiger partial charge in [-0.2, -0.15) is 0 Å². The van der Waals surface area contributed by atoms with Crippen molar-refractivity contribution in [2.75, 3.05) is 4.90 Å². The Labute approximate surface area is 291 Å². The SMILES string of the molecule is c1ccc(-n2c3ccccc3c3ccc(N(c4ccc5ccc6oc7ccccc7c6c5c4)c4cccc5sc6ccccc6c45)cc32)cc1. The van der Waals surface area contributed by atoms with E-state index >= 15 is 0 Å². The summed E-state index contributed by atoms with van der Waals surface area (Å²) in [6.45, 7) is 0. The van der Waals surface area contributed by atoms with Crippen molar-refractivity contribution in [1.82, 2.24) is 4.57 Å². The van der Waals surface area contributed by atoms with Crippen molar-refractivity contribution in [2.24, 2.45) is 0 Å². The van der Waals surface area contributed by atoms with Gasteiger partial charge in [-0.25, -0.2) is 0 Å². The first-order valence-electron chi connectivity index (χ1n) is 16.9. The minimum atomic E-state index is 0.905. The molecule has 0 spiro atoms. The van der Waals surface area contributed by atoms with Gasteiger partial charge in [-0.3, -0.25) is 0 Å². The van der Waals surface area contributed by atoms with Crippen LogP contribution >= 0.6 is 11.3 Å². The molecule has 0 aliphatic rings. The van der Waals surface area contributed by atoms with Gasteiger partial charge in [0.25, 0.3) is 0 Å². The van der Waals surface area contributed by atoms with Crippen LogP contribution in [0.25, 0.3) is 80.4 Å². The molecule has 0 amide bonds. The maximum Gasteiger partial charge on any atom is 0.136 e. The van der Waals surface area contributed by atoms with Crippen molar-refractivity contribution in [3.05, 3.63) is 170 Å². The fraction of sp³-hybridized carbons (Fsp3) is 0. The molecule has 0 bridgehead atoms. The van der Waals surface area contributed by atoms with Gasteiger partial charge in [0.15, 0.2) is 0 Å². The van der Waals surface area contributed by atoms with E-state index in [9.17, 15) is 0 Å². The van der Waals surface area contributed by atoms with E-state index in [1.807, 2.05) is 17.4 Å². The summed E-state index contributed by atoms with van der Waals surface area (Å²) in [6.07, 6.45) is 0. The van der Waals surface area contributed by atoms with Crippen LogP contribution in [0.1, 0.15) is 0 Å². The normalized spacial score (nSPS) is 12.0. The van der Waals surface area contributed by atoms with E-state index in [1.165, 1.54) is 52.8 Å². The van der Waals surface area contributed by atoms with Crippen LogP contribution < -0.4 is 4.90 Å². The second-order valence-electron chi connectivity index (χ2n) is 12.9. The zero-order valence-corrected chi connectivity index (χ0v) is 27.7. The number of rotatable bonds is 4. The molecule has 234 valence electrons. The number of hydrogen-bond donors (Lipinski definition) is 0. The molecule has 3 heterocycles. The van der Waals surface area contributed by atoms with Gasteiger partial charge in [0.1, 0.15) is 11.2 Å². The van der Waals surface area contributed by atoms with Crippen LogP contribution in [0.4, 0.5) is 17.1 Å². The van der Waals surface area contributed by atoms with Gasteiger partial charge in [-0.05, 0) is 83.6 Å². The van der Waals surface area contributed by atoms with E-state index in [0.717, 1.165) is 44.7 Å². The zero-order chi connectivity index (χ0) is 32.8. The molecule has 11 aromatic rings. The number of para-hydroxylation sites is 3. The summed E-state index contributed by atoms with van der Waals surface area (Å²) in [4.78, 5) is 2.45. The monoisotopic (exact) mass is 656 g/mol. The topological polar surface area (TPSA) is 21.3 Å². The van der Waals surface area contributed by atoms with E-state index in [-0.39, 0.29) is 0 Å². The van der Waals surface area contributed by atoms with Crippen LogP contribution in [0.5, 0.6) is 0 Å². The fourth-order valence-corrected chi connectivity index (χ4v) is 9.12. The lowest BCUT2D eigenvalue weighted by Gasteiger charge is -2.27. The lowest BCUT2D eigenvalue weighted by molar-refractivity contribution is 0.669. The highest BCUT2D eigenvalue weighted by atomic mass is 32.1. The van der Waals surface area contributed by atoms with Crippen molar-refractivity contribution in [3.8, 4) is 5.69 Å². The average molecular weight is 657 g/mol. The molecule has 0 unspecified atom stereocenters. The van der Waals surface area contributed by atoms with Crippen molar-refractivity contribution in [1.29, 1.82) is 0 Å². The second-order valence-corrected chi connectivity index (χ2v) is 14.0. The Balaban J connectivity index is 1.24. The summed E-state index contributed by atoms with van der Waals surface area (Å²) in [7, 11) is 0. The number of furan rings is 1. The van der Waals surface area contributed by atoms with Gasteiger partial charge in [0, 0.05) is 58.8 Å². The van der Waals surface area contributed by atoms with E-state index in [4.69, 9.17) is 4.42 Å². The van der Waals surface area contributed by atoms with Crippen molar-refractivity contribution >= 4 is 103 Å². The van der Waals surface area contributed by atoms with Gasteiger partial charge in [0.2, 0.25) is 0 Å².